The number of methoxy groups -OCH3 is 2. The van der Waals surface area contributed by atoms with Gasteiger partial charge in [0.1, 0.15) is 17.2 Å². The number of carbonyl (C=O) groups excluding carboxylic acids is 2. The van der Waals surface area contributed by atoms with Crippen LogP contribution in [0.2, 0.25) is 0 Å². The van der Waals surface area contributed by atoms with E-state index in [2.05, 4.69) is 9.47 Å². The highest BCUT2D eigenvalue weighted by atomic mass is 16.7. The maximum Gasteiger partial charge on any atom is 0.513 e. The Morgan fingerprint density at radius 2 is 1.68 bits per heavy atom. The van der Waals surface area contributed by atoms with E-state index in [4.69, 9.17) is 9.47 Å². The van der Waals surface area contributed by atoms with E-state index in [9.17, 15) is 14.7 Å². The molecule has 0 atom stereocenters. The van der Waals surface area contributed by atoms with E-state index in [-0.39, 0.29) is 17.2 Å². The lowest BCUT2D eigenvalue weighted by molar-refractivity contribution is 0.119. The van der Waals surface area contributed by atoms with Crippen molar-refractivity contribution in [3.05, 3.63) is 17.7 Å². The van der Waals surface area contributed by atoms with E-state index in [0.717, 1.165) is 14.2 Å². The van der Waals surface area contributed by atoms with Crippen LogP contribution in [0.15, 0.2) is 12.1 Å². The summed E-state index contributed by atoms with van der Waals surface area (Å²) in [6.07, 6.45) is -1.48. The molecule has 104 valence electrons. The maximum atomic E-state index is 11.1. The molecule has 0 spiro atoms. The Hall–Kier alpha value is -2.44. The first-order valence-electron chi connectivity index (χ1n) is 5.39. The molecule has 0 radical (unpaired) electrons. The van der Waals surface area contributed by atoms with Crippen molar-refractivity contribution >= 4 is 12.3 Å². The number of hydrogen-bond acceptors (Lipinski definition) is 7. The lowest BCUT2D eigenvalue weighted by Crippen LogP contribution is -2.10. The molecule has 0 aliphatic heterocycles. The van der Waals surface area contributed by atoms with Crippen molar-refractivity contribution in [3.63, 3.8) is 0 Å². The summed E-state index contributed by atoms with van der Waals surface area (Å²) in [4.78, 5) is 22.1. The van der Waals surface area contributed by atoms with Crippen LogP contribution in [0.3, 0.4) is 0 Å². The summed E-state index contributed by atoms with van der Waals surface area (Å²) in [7, 11) is 2.30. The monoisotopic (exact) mass is 270 g/mol. The van der Waals surface area contributed by atoms with Gasteiger partial charge in [0.25, 0.3) is 0 Å². The molecule has 0 saturated heterocycles. The number of hydrogen-bond donors (Lipinski definition) is 1. The van der Waals surface area contributed by atoms with E-state index in [1.165, 1.54) is 12.1 Å². The minimum Gasteiger partial charge on any atom is -0.507 e. The zero-order chi connectivity index (χ0) is 14.4. The molecule has 1 N–H and O–H groups in total. The van der Waals surface area contributed by atoms with Gasteiger partial charge in [-0.1, -0.05) is 6.92 Å². The number of benzene rings is 1. The summed E-state index contributed by atoms with van der Waals surface area (Å²) in [6, 6.07) is 2.51. The lowest BCUT2D eigenvalue weighted by atomic mass is 10.1. The number of carbonyl (C=O) groups is 2. The van der Waals surface area contributed by atoms with Gasteiger partial charge in [-0.25, -0.2) is 9.59 Å². The predicted octanol–water partition coefficient (Wildman–Crippen LogP) is 2.25. The zero-order valence-corrected chi connectivity index (χ0v) is 10.8. The van der Waals surface area contributed by atoms with Gasteiger partial charge in [0, 0.05) is 17.7 Å². The Kier molecular flexibility index (Phi) is 4.99. The van der Waals surface area contributed by atoms with E-state index in [1.54, 1.807) is 6.92 Å². The van der Waals surface area contributed by atoms with Crippen molar-refractivity contribution in [1.82, 2.24) is 0 Å². The minimum absolute atomic E-state index is 0.0135. The van der Waals surface area contributed by atoms with E-state index < -0.39 is 12.3 Å². The fraction of sp³-hybridized carbons (Fsp3) is 0.333. The Morgan fingerprint density at radius 3 is 2.21 bits per heavy atom. The molecule has 0 bridgehead atoms. The quantitative estimate of drug-likeness (QED) is 0.665. The van der Waals surface area contributed by atoms with Crippen LogP contribution in [0, 0.1) is 0 Å². The third-order valence-electron chi connectivity index (χ3n) is 2.24. The van der Waals surface area contributed by atoms with E-state index in [0.29, 0.717) is 12.0 Å². The van der Waals surface area contributed by atoms with Crippen LogP contribution in [0.25, 0.3) is 0 Å². The normalized spacial score (nSPS) is 9.63. The first-order chi connectivity index (χ1) is 9.01. The van der Waals surface area contributed by atoms with Gasteiger partial charge in [-0.15, -0.1) is 0 Å². The second-order valence-corrected chi connectivity index (χ2v) is 3.39. The van der Waals surface area contributed by atoms with Gasteiger partial charge in [-0.3, -0.25) is 0 Å². The summed E-state index contributed by atoms with van der Waals surface area (Å²) in [5.41, 5.74) is 0.391. The molecule has 0 aromatic heterocycles. The highest BCUT2D eigenvalue weighted by Crippen LogP contribution is 2.34. The molecule has 0 saturated carbocycles. The molecule has 0 heterocycles. The van der Waals surface area contributed by atoms with Crippen molar-refractivity contribution < 1.29 is 33.6 Å². The fourth-order valence-electron chi connectivity index (χ4n) is 1.38. The first-order valence-corrected chi connectivity index (χ1v) is 5.39. The maximum absolute atomic E-state index is 11.1. The largest absolute Gasteiger partial charge is 0.513 e. The Morgan fingerprint density at radius 1 is 1.11 bits per heavy atom. The molecule has 1 aromatic carbocycles. The number of aromatic hydroxyl groups is 1. The van der Waals surface area contributed by atoms with Gasteiger partial charge in [-0.05, 0) is 6.42 Å². The molecular weight excluding hydrogens is 256 g/mol. The third kappa shape index (κ3) is 3.77. The van der Waals surface area contributed by atoms with E-state index >= 15 is 0 Å². The molecular formula is C12H14O7. The van der Waals surface area contributed by atoms with Crippen LogP contribution in [-0.4, -0.2) is 31.6 Å². The third-order valence-corrected chi connectivity index (χ3v) is 2.24. The lowest BCUT2D eigenvalue weighted by Gasteiger charge is -2.11. The zero-order valence-electron chi connectivity index (χ0n) is 10.8. The highest BCUT2D eigenvalue weighted by Gasteiger charge is 2.16. The van der Waals surface area contributed by atoms with Gasteiger partial charge in [0.15, 0.2) is 0 Å². The van der Waals surface area contributed by atoms with Gasteiger partial charge in [-0.2, -0.15) is 0 Å². The number of rotatable bonds is 3. The Bertz CT molecular complexity index is 481. The average Bonchev–Trinajstić information content (AvgIpc) is 2.38. The van der Waals surface area contributed by atoms with Crippen molar-refractivity contribution in [2.24, 2.45) is 0 Å². The average molecular weight is 270 g/mol. The highest BCUT2D eigenvalue weighted by molar-refractivity contribution is 5.68. The molecule has 1 aromatic rings. The van der Waals surface area contributed by atoms with Crippen LogP contribution >= 0.6 is 0 Å². The summed E-state index contributed by atoms with van der Waals surface area (Å²) in [6.45, 7) is 1.76. The molecule has 0 aliphatic carbocycles. The van der Waals surface area contributed by atoms with Crippen LogP contribution in [0.5, 0.6) is 17.2 Å². The second-order valence-electron chi connectivity index (χ2n) is 3.39. The Balaban J connectivity index is 3.10. The molecule has 1 rings (SSSR count). The number of phenolic OH excluding ortho intramolecular Hbond substituents is 1. The van der Waals surface area contributed by atoms with Crippen molar-refractivity contribution in [2.75, 3.05) is 14.2 Å². The summed E-state index contributed by atoms with van der Waals surface area (Å²) >= 11 is 0. The van der Waals surface area contributed by atoms with Gasteiger partial charge in [0.05, 0.1) is 14.2 Å². The second kappa shape index (κ2) is 6.48. The van der Waals surface area contributed by atoms with Gasteiger partial charge >= 0.3 is 12.3 Å². The van der Waals surface area contributed by atoms with E-state index in [1.807, 2.05) is 0 Å². The first kappa shape index (κ1) is 14.6. The van der Waals surface area contributed by atoms with Crippen LogP contribution < -0.4 is 9.47 Å². The van der Waals surface area contributed by atoms with Crippen molar-refractivity contribution in [3.8, 4) is 17.2 Å². The minimum atomic E-state index is -0.951. The summed E-state index contributed by atoms with van der Waals surface area (Å²) < 4.78 is 18.3. The SMILES string of the molecule is CCc1c(O)cc(OC(=O)OC)cc1OC(=O)OC. The Labute approximate surface area is 109 Å². The molecule has 7 heteroatoms. The number of phenols is 1. The molecule has 19 heavy (non-hydrogen) atoms. The van der Waals surface area contributed by atoms with Crippen LogP contribution in [-0.2, 0) is 15.9 Å². The van der Waals surface area contributed by atoms with Crippen LogP contribution in [0.1, 0.15) is 12.5 Å². The molecule has 0 fully saturated rings. The summed E-state index contributed by atoms with van der Waals surface area (Å²) in [5.74, 6) is -0.128. The predicted molar refractivity (Wildman–Crippen MR) is 63.6 cm³/mol. The molecule has 0 aliphatic rings. The molecule has 0 amide bonds. The smallest absolute Gasteiger partial charge is 0.507 e. The number of ether oxygens (including phenoxy) is 4. The van der Waals surface area contributed by atoms with Gasteiger partial charge in [0.2, 0.25) is 0 Å². The molecule has 0 unspecified atom stereocenters. The molecule has 7 nitrogen and oxygen atoms in total. The van der Waals surface area contributed by atoms with Crippen molar-refractivity contribution in [1.29, 1.82) is 0 Å². The van der Waals surface area contributed by atoms with Gasteiger partial charge < -0.3 is 24.1 Å². The summed E-state index contributed by atoms with van der Waals surface area (Å²) in [5, 5.41) is 9.78. The topological polar surface area (TPSA) is 91.3 Å². The standard InChI is InChI=1S/C12H14O7/c1-4-8-9(13)5-7(18-11(14)16-2)6-10(8)19-12(15)17-3/h5-6,13H,4H2,1-3H3. The fourth-order valence-corrected chi connectivity index (χ4v) is 1.38. The van der Waals surface area contributed by atoms with Crippen molar-refractivity contribution in [2.45, 2.75) is 13.3 Å². The van der Waals surface area contributed by atoms with Crippen LogP contribution in [0.4, 0.5) is 9.59 Å².